The molecule has 0 radical (unpaired) electrons. The first-order valence-electron chi connectivity index (χ1n) is 4.65. The summed E-state index contributed by atoms with van der Waals surface area (Å²) in [5.41, 5.74) is 0.787. The van der Waals surface area contributed by atoms with Crippen molar-refractivity contribution < 1.29 is 8.78 Å². The quantitative estimate of drug-likeness (QED) is 0.580. The molecule has 1 aromatic carbocycles. The fourth-order valence-electron chi connectivity index (χ4n) is 1.25. The van der Waals surface area contributed by atoms with Gasteiger partial charge in [0.25, 0.3) is 0 Å². The van der Waals surface area contributed by atoms with Crippen LogP contribution in [0.3, 0.4) is 0 Å². The van der Waals surface area contributed by atoms with Crippen LogP contribution in [0.4, 0.5) is 8.78 Å². The van der Waals surface area contributed by atoms with Gasteiger partial charge in [-0.3, -0.25) is 0 Å². The SMILES string of the molecule is C#CCC(Br)CCc1ccc(F)c(F)c1. The molecule has 80 valence electrons. The summed E-state index contributed by atoms with van der Waals surface area (Å²) in [6, 6.07) is 3.97. The highest BCUT2D eigenvalue weighted by Gasteiger charge is 2.05. The lowest BCUT2D eigenvalue weighted by atomic mass is 10.1. The van der Waals surface area contributed by atoms with Gasteiger partial charge in [0, 0.05) is 11.2 Å². The zero-order valence-corrected chi connectivity index (χ0v) is 9.73. The standard InChI is InChI=1S/C12H11BrF2/c1-2-3-10(13)6-4-9-5-7-11(14)12(15)8-9/h1,5,7-8,10H,3-4,6H2. The van der Waals surface area contributed by atoms with Crippen LogP contribution in [0.1, 0.15) is 18.4 Å². The van der Waals surface area contributed by atoms with Crippen LogP contribution >= 0.6 is 15.9 Å². The van der Waals surface area contributed by atoms with Crippen molar-refractivity contribution in [1.82, 2.24) is 0 Å². The number of benzene rings is 1. The van der Waals surface area contributed by atoms with Gasteiger partial charge in [-0.25, -0.2) is 8.78 Å². The molecule has 0 bridgehead atoms. The normalized spacial score (nSPS) is 12.1. The lowest BCUT2D eigenvalue weighted by molar-refractivity contribution is 0.506. The van der Waals surface area contributed by atoms with Gasteiger partial charge in [0.1, 0.15) is 0 Å². The number of hydrogen-bond donors (Lipinski definition) is 0. The Labute approximate surface area is 96.8 Å². The van der Waals surface area contributed by atoms with E-state index in [4.69, 9.17) is 6.42 Å². The Kier molecular flexibility index (Phi) is 4.77. The van der Waals surface area contributed by atoms with E-state index in [-0.39, 0.29) is 4.83 Å². The van der Waals surface area contributed by atoms with E-state index in [9.17, 15) is 8.78 Å². The maximum atomic E-state index is 12.8. The van der Waals surface area contributed by atoms with Crippen molar-refractivity contribution in [3.05, 3.63) is 35.4 Å². The van der Waals surface area contributed by atoms with Crippen LogP contribution in [0.5, 0.6) is 0 Å². The van der Waals surface area contributed by atoms with Crippen molar-refractivity contribution in [2.24, 2.45) is 0 Å². The van der Waals surface area contributed by atoms with E-state index in [1.54, 1.807) is 6.07 Å². The van der Waals surface area contributed by atoms with Crippen molar-refractivity contribution in [3.8, 4) is 12.3 Å². The van der Waals surface area contributed by atoms with E-state index in [0.717, 1.165) is 18.1 Å². The summed E-state index contributed by atoms with van der Waals surface area (Å²) in [6.07, 6.45) is 7.30. The van der Waals surface area contributed by atoms with Gasteiger partial charge in [-0.2, -0.15) is 0 Å². The topological polar surface area (TPSA) is 0 Å². The summed E-state index contributed by atoms with van der Waals surface area (Å²) in [4.78, 5) is 0.232. The Morgan fingerprint density at radius 1 is 1.33 bits per heavy atom. The van der Waals surface area contributed by atoms with E-state index >= 15 is 0 Å². The molecule has 1 rings (SSSR count). The van der Waals surface area contributed by atoms with Gasteiger partial charge in [0.05, 0.1) is 0 Å². The molecule has 0 N–H and O–H groups in total. The lowest BCUT2D eigenvalue weighted by Crippen LogP contribution is -1.99. The summed E-state index contributed by atoms with van der Waals surface area (Å²) in [6.45, 7) is 0. The van der Waals surface area contributed by atoms with Crippen LogP contribution < -0.4 is 0 Å². The van der Waals surface area contributed by atoms with Crippen LogP contribution in [0, 0.1) is 24.0 Å². The summed E-state index contributed by atoms with van der Waals surface area (Å²) >= 11 is 3.42. The molecule has 1 unspecified atom stereocenters. The van der Waals surface area contributed by atoms with Crippen LogP contribution in [0.15, 0.2) is 18.2 Å². The third-order valence-electron chi connectivity index (χ3n) is 2.07. The van der Waals surface area contributed by atoms with Gasteiger partial charge in [0.15, 0.2) is 11.6 Å². The molecule has 0 spiro atoms. The molecule has 0 aliphatic heterocycles. The van der Waals surface area contributed by atoms with E-state index in [0.29, 0.717) is 12.8 Å². The number of halogens is 3. The molecular weight excluding hydrogens is 262 g/mol. The molecule has 15 heavy (non-hydrogen) atoms. The number of rotatable bonds is 4. The summed E-state index contributed by atoms with van der Waals surface area (Å²) in [5, 5.41) is 0. The highest BCUT2D eigenvalue weighted by Crippen LogP contribution is 2.15. The molecule has 0 saturated heterocycles. The predicted molar refractivity (Wildman–Crippen MR) is 60.8 cm³/mol. The molecule has 0 fully saturated rings. The van der Waals surface area contributed by atoms with Gasteiger partial charge < -0.3 is 0 Å². The zero-order valence-electron chi connectivity index (χ0n) is 8.14. The van der Waals surface area contributed by atoms with Crippen LogP contribution in [-0.4, -0.2) is 4.83 Å². The lowest BCUT2D eigenvalue weighted by Gasteiger charge is -2.06. The van der Waals surface area contributed by atoms with Gasteiger partial charge in [-0.1, -0.05) is 22.0 Å². The Bertz CT molecular complexity index is 368. The average molecular weight is 273 g/mol. The largest absolute Gasteiger partial charge is 0.204 e. The molecule has 0 aliphatic rings. The fourth-order valence-corrected chi connectivity index (χ4v) is 1.66. The van der Waals surface area contributed by atoms with Crippen molar-refractivity contribution in [2.45, 2.75) is 24.1 Å². The van der Waals surface area contributed by atoms with Crippen molar-refractivity contribution in [1.29, 1.82) is 0 Å². The maximum absolute atomic E-state index is 12.8. The Hall–Kier alpha value is -0.880. The second-order valence-electron chi connectivity index (χ2n) is 3.29. The molecule has 1 aromatic rings. The van der Waals surface area contributed by atoms with Gasteiger partial charge in [-0.05, 0) is 30.5 Å². The van der Waals surface area contributed by atoms with Crippen LogP contribution in [0.25, 0.3) is 0 Å². The Morgan fingerprint density at radius 3 is 2.67 bits per heavy atom. The summed E-state index contributed by atoms with van der Waals surface area (Å²) < 4.78 is 25.4. The third-order valence-corrected chi connectivity index (χ3v) is 2.85. The molecule has 3 heteroatoms. The molecule has 0 aromatic heterocycles. The van der Waals surface area contributed by atoms with Gasteiger partial charge in [0.2, 0.25) is 0 Å². The van der Waals surface area contributed by atoms with Crippen LogP contribution in [-0.2, 0) is 6.42 Å². The molecular formula is C12H11BrF2. The van der Waals surface area contributed by atoms with Crippen molar-refractivity contribution in [2.75, 3.05) is 0 Å². The molecule has 0 saturated carbocycles. The highest BCUT2D eigenvalue weighted by molar-refractivity contribution is 9.09. The summed E-state index contributed by atoms with van der Waals surface area (Å²) in [7, 11) is 0. The second kappa shape index (κ2) is 5.87. The Balaban J connectivity index is 2.51. The predicted octanol–water partition coefficient (Wildman–Crippen LogP) is 3.68. The molecule has 0 heterocycles. The molecule has 1 atom stereocenters. The minimum absolute atomic E-state index is 0.232. The summed E-state index contributed by atoms with van der Waals surface area (Å²) in [5.74, 6) is 0.940. The molecule has 0 aliphatic carbocycles. The minimum atomic E-state index is -0.808. The first kappa shape index (κ1) is 12.2. The van der Waals surface area contributed by atoms with Crippen molar-refractivity contribution >= 4 is 15.9 Å². The second-order valence-corrected chi connectivity index (χ2v) is 4.59. The van der Waals surface area contributed by atoms with E-state index < -0.39 is 11.6 Å². The van der Waals surface area contributed by atoms with Crippen LogP contribution in [0.2, 0.25) is 0 Å². The van der Waals surface area contributed by atoms with E-state index in [2.05, 4.69) is 21.9 Å². The number of aryl methyl sites for hydroxylation is 1. The Morgan fingerprint density at radius 2 is 2.07 bits per heavy atom. The zero-order chi connectivity index (χ0) is 11.3. The first-order chi connectivity index (χ1) is 7.13. The maximum Gasteiger partial charge on any atom is 0.159 e. The van der Waals surface area contributed by atoms with E-state index in [1.165, 1.54) is 6.07 Å². The third kappa shape index (κ3) is 4.01. The van der Waals surface area contributed by atoms with Crippen molar-refractivity contribution in [3.63, 3.8) is 0 Å². The highest BCUT2D eigenvalue weighted by atomic mass is 79.9. The number of terminal acetylenes is 1. The molecule has 0 amide bonds. The molecule has 0 nitrogen and oxygen atoms in total. The minimum Gasteiger partial charge on any atom is -0.204 e. The fraction of sp³-hybridized carbons (Fsp3) is 0.333. The number of hydrogen-bond acceptors (Lipinski definition) is 0. The average Bonchev–Trinajstić information content (AvgIpc) is 2.20. The smallest absolute Gasteiger partial charge is 0.159 e. The van der Waals surface area contributed by atoms with E-state index in [1.807, 2.05) is 0 Å². The van der Waals surface area contributed by atoms with Gasteiger partial charge in [-0.15, -0.1) is 12.3 Å². The van der Waals surface area contributed by atoms with Gasteiger partial charge >= 0.3 is 0 Å². The number of alkyl halides is 1. The monoisotopic (exact) mass is 272 g/mol. The first-order valence-corrected chi connectivity index (χ1v) is 5.56.